The van der Waals surface area contributed by atoms with Gasteiger partial charge < -0.3 is 14.2 Å². The molecule has 1 aliphatic heterocycles. The summed E-state index contributed by atoms with van der Waals surface area (Å²) in [6, 6.07) is 0. The number of cyclic esters (lactones) is 2. The Balaban J connectivity index is 2.79. The molecule has 0 aromatic rings. The van der Waals surface area contributed by atoms with Gasteiger partial charge in [-0.2, -0.15) is 10.5 Å². The Bertz CT molecular complexity index is 293. The molecule has 0 aromatic heterocycles. The van der Waals surface area contributed by atoms with Gasteiger partial charge in [0.2, 0.25) is 0 Å². The molecule has 2 unspecified atom stereocenters. The fourth-order valence-electron chi connectivity index (χ4n) is 0.796. The van der Waals surface area contributed by atoms with Gasteiger partial charge >= 0.3 is 11.9 Å². The summed E-state index contributed by atoms with van der Waals surface area (Å²) in [4.78, 5) is 21.5. The lowest BCUT2D eigenvalue weighted by molar-refractivity contribution is -0.155. The minimum absolute atomic E-state index is 1.04. The number of nitriles is 2. The molecule has 66 valence electrons. The molecule has 1 fully saturated rings. The van der Waals surface area contributed by atoms with Crippen LogP contribution in [-0.2, 0) is 23.8 Å². The summed E-state index contributed by atoms with van der Waals surface area (Å²) in [6.07, 6.45) is -0.537. The van der Waals surface area contributed by atoms with Crippen molar-refractivity contribution >= 4 is 11.9 Å². The quantitative estimate of drug-likeness (QED) is 0.299. The van der Waals surface area contributed by atoms with E-state index in [0.717, 1.165) is 0 Å². The molecule has 1 saturated heterocycles. The van der Waals surface area contributed by atoms with Crippen LogP contribution in [0, 0.1) is 23.0 Å². The van der Waals surface area contributed by atoms with Crippen LogP contribution in [-0.4, -0.2) is 24.1 Å². The summed E-state index contributed by atoms with van der Waals surface area (Å²) in [7, 11) is 0. The number of ether oxygens (including phenoxy) is 3. The summed E-state index contributed by atoms with van der Waals surface area (Å²) in [5.74, 6) is -2.07. The first kappa shape index (κ1) is 8.81. The van der Waals surface area contributed by atoms with Gasteiger partial charge in [-0.3, -0.25) is 0 Å². The van der Waals surface area contributed by atoms with Crippen molar-refractivity contribution in [3.05, 3.63) is 0 Å². The highest BCUT2D eigenvalue weighted by Crippen LogP contribution is 2.15. The highest BCUT2D eigenvalue weighted by Gasteiger charge is 2.49. The van der Waals surface area contributed by atoms with Gasteiger partial charge in [-0.05, 0) is 0 Å². The van der Waals surface area contributed by atoms with E-state index in [9.17, 15) is 9.59 Å². The molecule has 13 heavy (non-hydrogen) atoms. The molecule has 1 rings (SSSR count). The maximum atomic E-state index is 10.8. The molecule has 0 aliphatic carbocycles. The lowest BCUT2D eigenvalue weighted by atomic mass is 10.2. The molecule has 2 atom stereocenters. The van der Waals surface area contributed by atoms with Crippen molar-refractivity contribution in [1.29, 1.82) is 10.5 Å². The molecule has 7 nitrogen and oxygen atoms in total. The Labute approximate surface area is 72.0 Å². The van der Waals surface area contributed by atoms with E-state index >= 15 is 0 Å². The van der Waals surface area contributed by atoms with Crippen molar-refractivity contribution in [3.8, 4) is 12.5 Å². The van der Waals surface area contributed by atoms with Gasteiger partial charge in [0, 0.05) is 0 Å². The predicted octanol–water partition coefficient (Wildman–Crippen LogP) is -1.20. The predicted molar refractivity (Wildman–Crippen MR) is 32.1 cm³/mol. The fraction of sp³-hybridized carbons (Fsp3) is 0.333. The molecule has 1 heterocycles. The number of carbonyl (C=O) groups excluding carboxylic acids is 2. The smallest absolute Gasteiger partial charge is 0.360 e. The minimum Gasteiger partial charge on any atom is -0.407 e. The van der Waals surface area contributed by atoms with Gasteiger partial charge in [-0.1, -0.05) is 0 Å². The number of rotatable bonds is 2. The number of esters is 2. The summed E-state index contributed by atoms with van der Waals surface area (Å²) < 4.78 is 12.4. The largest absolute Gasteiger partial charge is 0.407 e. The van der Waals surface area contributed by atoms with Gasteiger partial charge in [-0.25, -0.2) is 9.59 Å². The fourth-order valence-corrected chi connectivity index (χ4v) is 0.796. The Hall–Kier alpha value is -2.28. The number of hydrogen-bond donors (Lipinski definition) is 0. The molecule has 0 N–H and O–H groups in total. The van der Waals surface area contributed by atoms with Crippen LogP contribution in [0.2, 0.25) is 0 Å². The van der Waals surface area contributed by atoms with Gasteiger partial charge in [-0.15, -0.1) is 0 Å². The second-order valence-corrected chi connectivity index (χ2v) is 2.00. The van der Waals surface area contributed by atoms with Crippen molar-refractivity contribution in [2.45, 2.75) is 12.2 Å². The third-order valence-electron chi connectivity index (χ3n) is 1.30. The Morgan fingerprint density at radius 3 is 1.77 bits per heavy atom. The standard InChI is InChI=1S/C6H2N2O5/c7-1-11-3-4(12-2-8)6(10)13-5(3)9/h3-4H. The molecule has 0 spiro atoms. The zero-order valence-corrected chi connectivity index (χ0v) is 6.09. The molecule has 7 heteroatoms. The summed E-state index contributed by atoms with van der Waals surface area (Å²) in [5.41, 5.74) is 0. The van der Waals surface area contributed by atoms with Crippen molar-refractivity contribution < 1.29 is 23.8 Å². The molecule has 1 aliphatic rings. The van der Waals surface area contributed by atoms with Crippen molar-refractivity contribution in [3.63, 3.8) is 0 Å². The van der Waals surface area contributed by atoms with E-state index in [1.807, 2.05) is 0 Å². The average Bonchev–Trinajstić information content (AvgIpc) is 2.33. The second-order valence-electron chi connectivity index (χ2n) is 2.00. The Morgan fingerprint density at radius 1 is 1.08 bits per heavy atom. The van der Waals surface area contributed by atoms with Gasteiger partial charge in [0.25, 0.3) is 24.7 Å². The monoisotopic (exact) mass is 182 g/mol. The van der Waals surface area contributed by atoms with Crippen LogP contribution in [0.15, 0.2) is 0 Å². The first-order valence-electron chi connectivity index (χ1n) is 3.05. The van der Waals surface area contributed by atoms with E-state index in [0.29, 0.717) is 0 Å². The first-order valence-corrected chi connectivity index (χ1v) is 3.05. The number of nitrogens with zero attached hydrogens (tertiary/aromatic N) is 2. The summed E-state index contributed by atoms with van der Waals surface area (Å²) >= 11 is 0. The molecule has 0 saturated carbocycles. The zero-order chi connectivity index (χ0) is 9.84. The Morgan fingerprint density at radius 2 is 1.46 bits per heavy atom. The molecular formula is C6H2N2O5. The van der Waals surface area contributed by atoms with E-state index in [-0.39, 0.29) is 0 Å². The molecule has 0 bridgehead atoms. The highest BCUT2D eigenvalue weighted by molar-refractivity contribution is 5.99. The lowest BCUT2D eigenvalue weighted by Gasteiger charge is -2.05. The second kappa shape index (κ2) is 3.41. The van der Waals surface area contributed by atoms with Crippen LogP contribution in [0.4, 0.5) is 0 Å². The molecule has 0 amide bonds. The zero-order valence-electron chi connectivity index (χ0n) is 6.09. The van der Waals surface area contributed by atoms with Crippen molar-refractivity contribution in [2.75, 3.05) is 0 Å². The van der Waals surface area contributed by atoms with Crippen molar-refractivity contribution in [2.24, 2.45) is 0 Å². The molecule has 0 aromatic carbocycles. The first-order chi connectivity index (χ1) is 6.20. The maximum absolute atomic E-state index is 10.8. The average molecular weight is 182 g/mol. The van der Waals surface area contributed by atoms with Crippen LogP contribution in [0.3, 0.4) is 0 Å². The summed E-state index contributed by atoms with van der Waals surface area (Å²) in [5, 5.41) is 16.2. The van der Waals surface area contributed by atoms with Crippen LogP contribution in [0.1, 0.15) is 0 Å². The molecular weight excluding hydrogens is 180 g/mol. The van der Waals surface area contributed by atoms with E-state index in [4.69, 9.17) is 10.5 Å². The van der Waals surface area contributed by atoms with Crippen LogP contribution in [0.5, 0.6) is 0 Å². The normalized spacial score (nSPS) is 25.7. The number of carbonyl (C=O) groups is 2. The van der Waals surface area contributed by atoms with Crippen LogP contribution < -0.4 is 0 Å². The Kier molecular flexibility index (Phi) is 2.31. The highest BCUT2D eigenvalue weighted by atomic mass is 16.7. The maximum Gasteiger partial charge on any atom is 0.360 e. The van der Waals surface area contributed by atoms with Gasteiger partial charge in [0.15, 0.2) is 0 Å². The lowest BCUT2D eigenvalue weighted by Crippen LogP contribution is -2.32. The number of hydrogen-bond acceptors (Lipinski definition) is 7. The third-order valence-corrected chi connectivity index (χ3v) is 1.30. The van der Waals surface area contributed by atoms with Crippen LogP contribution >= 0.6 is 0 Å². The summed E-state index contributed by atoms with van der Waals surface area (Å²) in [6.45, 7) is 0. The van der Waals surface area contributed by atoms with E-state index < -0.39 is 24.1 Å². The SMILES string of the molecule is N#COC1C(=O)OC(=O)C1OC#N. The van der Waals surface area contributed by atoms with E-state index in [1.54, 1.807) is 0 Å². The van der Waals surface area contributed by atoms with E-state index in [1.165, 1.54) is 12.5 Å². The van der Waals surface area contributed by atoms with Gasteiger partial charge in [0.1, 0.15) is 0 Å². The van der Waals surface area contributed by atoms with Crippen molar-refractivity contribution in [1.82, 2.24) is 0 Å². The van der Waals surface area contributed by atoms with Gasteiger partial charge in [0.05, 0.1) is 0 Å². The third kappa shape index (κ3) is 1.49. The van der Waals surface area contributed by atoms with Crippen LogP contribution in [0.25, 0.3) is 0 Å². The topological polar surface area (TPSA) is 109 Å². The molecule has 0 radical (unpaired) electrons. The minimum atomic E-state index is -1.47. The van der Waals surface area contributed by atoms with E-state index in [2.05, 4.69) is 14.2 Å².